The maximum Gasteiger partial charge on any atom is 0.142 e. The molecule has 2 nitrogen and oxygen atoms in total. The second-order valence-corrected chi connectivity index (χ2v) is 2.95. The zero-order valence-electron chi connectivity index (χ0n) is 8.13. The largest absolute Gasteiger partial charge is 0.277 e. The predicted molar refractivity (Wildman–Crippen MR) is 54.0 cm³/mol. The second-order valence-electron chi connectivity index (χ2n) is 2.95. The van der Waals surface area contributed by atoms with Gasteiger partial charge in [-0.1, -0.05) is 18.2 Å². The summed E-state index contributed by atoms with van der Waals surface area (Å²) >= 11 is 0. The molecule has 13 heavy (non-hydrogen) atoms. The molecule has 0 fully saturated rings. The summed E-state index contributed by atoms with van der Waals surface area (Å²) in [6, 6.07) is 8.07. The van der Waals surface area contributed by atoms with Crippen molar-refractivity contribution < 1.29 is 0 Å². The van der Waals surface area contributed by atoms with Crippen LogP contribution in [-0.2, 0) is 0 Å². The number of rotatable bonds is 1. The van der Waals surface area contributed by atoms with Crippen molar-refractivity contribution >= 4 is 5.71 Å². The Morgan fingerprint density at radius 2 is 1.85 bits per heavy atom. The predicted octanol–water partition coefficient (Wildman–Crippen LogP) is 2.25. The van der Waals surface area contributed by atoms with E-state index in [1.54, 1.807) is 7.05 Å². The van der Waals surface area contributed by atoms with Crippen molar-refractivity contribution in [3.8, 4) is 6.07 Å². The molecule has 0 aliphatic rings. The average molecular weight is 172 g/mol. The Morgan fingerprint density at radius 1 is 1.31 bits per heavy atom. The first-order chi connectivity index (χ1) is 6.20. The van der Waals surface area contributed by atoms with E-state index in [2.05, 4.69) is 11.1 Å². The molecule has 0 unspecified atom stereocenters. The van der Waals surface area contributed by atoms with Crippen LogP contribution in [0, 0.1) is 25.2 Å². The summed E-state index contributed by atoms with van der Waals surface area (Å²) in [5, 5.41) is 8.85. The number of hydrogen-bond acceptors (Lipinski definition) is 2. The molecule has 0 N–H and O–H groups in total. The summed E-state index contributed by atoms with van der Waals surface area (Å²) in [6.45, 7) is 3.98. The molecule has 0 aromatic heterocycles. The van der Waals surface area contributed by atoms with Gasteiger partial charge in [0.1, 0.15) is 11.8 Å². The molecule has 0 saturated heterocycles. The molecule has 2 heteroatoms. The molecule has 0 heterocycles. The third kappa shape index (κ3) is 1.75. The van der Waals surface area contributed by atoms with E-state index in [0.717, 1.165) is 16.7 Å². The molecular weight excluding hydrogens is 160 g/mol. The van der Waals surface area contributed by atoms with Crippen LogP contribution in [0.3, 0.4) is 0 Å². The van der Waals surface area contributed by atoms with Crippen LogP contribution in [0.2, 0.25) is 0 Å². The molecular formula is C11H12N2. The van der Waals surface area contributed by atoms with Crippen LogP contribution in [0.25, 0.3) is 0 Å². The van der Waals surface area contributed by atoms with E-state index in [1.807, 2.05) is 32.0 Å². The van der Waals surface area contributed by atoms with Crippen LogP contribution in [0.4, 0.5) is 0 Å². The van der Waals surface area contributed by atoms with Gasteiger partial charge in [0.2, 0.25) is 0 Å². The number of hydrogen-bond donors (Lipinski definition) is 0. The van der Waals surface area contributed by atoms with Crippen LogP contribution in [0.1, 0.15) is 16.7 Å². The van der Waals surface area contributed by atoms with E-state index in [-0.39, 0.29) is 0 Å². The Kier molecular flexibility index (Phi) is 2.81. The average Bonchev–Trinajstić information content (AvgIpc) is 2.11. The normalized spacial score (nSPS) is 11.1. The number of aliphatic imine (C=N–C) groups is 1. The SMILES string of the molecule is CN=C(C#N)c1c(C)cccc1C. The lowest BCUT2D eigenvalue weighted by atomic mass is 9.99. The van der Waals surface area contributed by atoms with Crippen LogP contribution in [0.15, 0.2) is 23.2 Å². The number of nitriles is 1. The molecule has 0 aliphatic carbocycles. The maximum absolute atomic E-state index is 8.85. The van der Waals surface area contributed by atoms with Gasteiger partial charge in [0.05, 0.1) is 0 Å². The molecule has 66 valence electrons. The van der Waals surface area contributed by atoms with Gasteiger partial charge >= 0.3 is 0 Å². The van der Waals surface area contributed by atoms with Crippen molar-refractivity contribution in [1.82, 2.24) is 0 Å². The molecule has 0 bridgehead atoms. The van der Waals surface area contributed by atoms with Crippen molar-refractivity contribution in [2.75, 3.05) is 7.05 Å². The molecule has 0 saturated carbocycles. The van der Waals surface area contributed by atoms with E-state index < -0.39 is 0 Å². The highest BCUT2D eigenvalue weighted by molar-refractivity contribution is 6.13. The summed E-state index contributed by atoms with van der Waals surface area (Å²) in [5.41, 5.74) is 3.67. The lowest BCUT2D eigenvalue weighted by Gasteiger charge is -2.05. The second kappa shape index (κ2) is 3.86. The third-order valence-corrected chi connectivity index (χ3v) is 2.05. The number of aryl methyl sites for hydroxylation is 2. The highest BCUT2D eigenvalue weighted by Gasteiger charge is 2.07. The van der Waals surface area contributed by atoms with Gasteiger partial charge in [-0.2, -0.15) is 5.26 Å². The van der Waals surface area contributed by atoms with Crippen molar-refractivity contribution in [1.29, 1.82) is 5.26 Å². The smallest absolute Gasteiger partial charge is 0.142 e. The highest BCUT2D eigenvalue weighted by Crippen LogP contribution is 2.13. The van der Waals surface area contributed by atoms with Gasteiger partial charge in [0.15, 0.2) is 0 Å². The minimum absolute atomic E-state index is 0.510. The first-order valence-electron chi connectivity index (χ1n) is 4.14. The van der Waals surface area contributed by atoms with E-state index in [4.69, 9.17) is 5.26 Å². The summed E-state index contributed by atoms with van der Waals surface area (Å²) < 4.78 is 0. The van der Waals surface area contributed by atoms with E-state index in [0.29, 0.717) is 5.71 Å². The summed E-state index contributed by atoms with van der Waals surface area (Å²) in [4.78, 5) is 3.95. The van der Waals surface area contributed by atoms with Crippen LogP contribution in [-0.4, -0.2) is 12.8 Å². The summed E-state index contributed by atoms with van der Waals surface area (Å²) in [7, 11) is 1.64. The summed E-state index contributed by atoms with van der Waals surface area (Å²) in [5.74, 6) is 0. The van der Waals surface area contributed by atoms with Gasteiger partial charge in [0, 0.05) is 12.6 Å². The first-order valence-corrected chi connectivity index (χ1v) is 4.14. The molecule has 0 radical (unpaired) electrons. The topological polar surface area (TPSA) is 36.1 Å². The quantitative estimate of drug-likeness (QED) is 0.598. The van der Waals surface area contributed by atoms with Crippen molar-refractivity contribution in [2.45, 2.75) is 13.8 Å². The minimum atomic E-state index is 0.510. The van der Waals surface area contributed by atoms with Crippen LogP contribution in [0.5, 0.6) is 0 Å². The van der Waals surface area contributed by atoms with E-state index in [1.165, 1.54) is 0 Å². The Labute approximate surface area is 78.5 Å². The van der Waals surface area contributed by atoms with Crippen molar-refractivity contribution in [3.05, 3.63) is 34.9 Å². The van der Waals surface area contributed by atoms with E-state index in [9.17, 15) is 0 Å². The Morgan fingerprint density at radius 3 is 2.23 bits per heavy atom. The molecule has 0 atom stereocenters. The Balaban J connectivity index is 3.38. The van der Waals surface area contributed by atoms with Gasteiger partial charge < -0.3 is 0 Å². The van der Waals surface area contributed by atoms with Crippen LogP contribution >= 0.6 is 0 Å². The van der Waals surface area contributed by atoms with Gasteiger partial charge in [-0.05, 0) is 25.0 Å². The zero-order chi connectivity index (χ0) is 9.84. The maximum atomic E-state index is 8.85. The third-order valence-electron chi connectivity index (χ3n) is 2.05. The lowest BCUT2D eigenvalue weighted by Crippen LogP contribution is -2.02. The Bertz CT molecular complexity index is 363. The van der Waals surface area contributed by atoms with Crippen LogP contribution < -0.4 is 0 Å². The summed E-state index contributed by atoms with van der Waals surface area (Å²) in [6.07, 6.45) is 0. The fraction of sp³-hybridized carbons (Fsp3) is 0.273. The number of benzene rings is 1. The molecule has 0 aliphatic heterocycles. The molecule has 0 amide bonds. The Hall–Kier alpha value is -1.62. The molecule has 1 aromatic carbocycles. The fourth-order valence-corrected chi connectivity index (χ4v) is 1.41. The molecule has 1 aromatic rings. The zero-order valence-corrected chi connectivity index (χ0v) is 8.13. The van der Waals surface area contributed by atoms with Gasteiger partial charge in [-0.15, -0.1) is 0 Å². The van der Waals surface area contributed by atoms with Crippen molar-refractivity contribution in [3.63, 3.8) is 0 Å². The van der Waals surface area contributed by atoms with Gasteiger partial charge in [0.25, 0.3) is 0 Å². The van der Waals surface area contributed by atoms with Crippen molar-refractivity contribution in [2.24, 2.45) is 4.99 Å². The monoisotopic (exact) mass is 172 g/mol. The van der Waals surface area contributed by atoms with E-state index >= 15 is 0 Å². The molecule has 1 rings (SSSR count). The standard InChI is InChI=1S/C11H12N2/c1-8-5-4-6-9(2)11(8)10(7-12)13-3/h4-6H,1-3H3. The van der Waals surface area contributed by atoms with Gasteiger partial charge in [-0.3, -0.25) is 4.99 Å². The molecule has 0 spiro atoms. The first kappa shape index (κ1) is 9.47. The fourth-order valence-electron chi connectivity index (χ4n) is 1.41. The van der Waals surface area contributed by atoms with Gasteiger partial charge in [-0.25, -0.2) is 0 Å². The minimum Gasteiger partial charge on any atom is -0.277 e. The highest BCUT2D eigenvalue weighted by atomic mass is 14.7. The lowest BCUT2D eigenvalue weighted by molar-refractivity contribution is 1.33. The number of nitrogens with zero attached hydrogens (tertiary/aromatic N) is 2.